The Morgan fingerprint density at radius 3 is 2.84 bits per heavy atom. The van der Waals surface area contributed by atoms with E-state index in [4.69, 9.17) is 9.47 Å². The third kappa shape index (κ3) is 3.07. The highest BCUT2D eigenvalue weighted by Gasteiger charge is 2.36. The summed E-state index contributed by atoms with van der Waals surface area (Å²) in [5.41, 5.74) is 3.30. The SMILES string of the molecule is COc1ccccc1CN1CC[C@H]2COC(=O)N2c2ccccc2C1. The van der Waals surface area contributed by atoms with Crippen molar-refractivity contribution in [2.24, 2.45) is 0 Å². The van der Waals surface area contributed by atoms with E-state index in [-0.39, 0.29) is 12.1 Å². The zero-order chi connectivity index (χ0) is 17.2. The van der Waals surface area contributed by atoms with Crippen LogP contribution in [0.5, 0.6) is 5.75 Å². The molecule has 5 heteroatoms. The quantitative estimate of drug-likeness (QED) is 0.860. The van der Waals surface area contributed by atoms with E-state index < -0.39 is 0 Å². The molecule has 0 N–H and O–H groups in total. The van der Waals surface area contributed by atoms with Crippen molar-refractivity contribution in [3.63, 3.8) is 0 Å². The molecule has 0 unspecified atom stereocenters. The van der Waals surface area contributed by atoms with Crippen molar-refractivity contribution < 1.29 is 14.3 Å². The Morgan fingerprint density at radius 2 is 1.96 bits per heavy atom. The molecule has 0 aromatic heterocycles. The largest absolute Gasteiger partial charge is 0.496 e. The summed E-state index contributed by atoms with van der Waals surface area (Å²) >= 11 is 0. The van der Waals surface area contributed by atoms with Crippen molar-refractivity contribution in [2.45, 2.75) is 25.6 Å². The summed E-state index contributed by atoms with van der Waals surface area (Å²) in [5, 5.41) is 0. The van der Waals surface area contributed by atoms with Gasteiger partial charge in [0.15, 0.2) is 0 Å². The maximum atomic E-state index is 12.2. The van der Waals surface area contributed by atoms with Gasteiger partial charge in [0.2, 0.25) is 0 Å². The Balaban J connectivity index is 1.63. The van der Waals surface area contributed by atoms with Crippen molar-refractivity contribution in [3.05, 3.63) is 59.7 Å². The Hall–Kier alpha value is -2.53. The highest BCUT2D eigenvalue weighted by Crippen LogP contribution is 2.32. The summed E-state index contributed by atoms with van der Waals surface area (Å²) in [6.45, 7) is 2.99. The monoisotopic (exact) mass is 338 g/mol. The molecule has 1 fully saturated rings. The average molecular weight is 338 g/mol. The van der Waals surface area contributed by atoms with Gasteiger partial charge in [0.25, 0.3) is 0 Å². The molecular weight excluding hydrogens is 316 g/mol. The van der Waals surface area contributed by atoms with Crippen molar-refractivity contribution in [3.8, 4) is 5.75 Å². The first-order chi connectivity index (χ1) is 12.3. The number of nitrogens with zero attached hydrogens (tertiary/aromatic N) is 2. The summed E-state index contributed by atoms with van der Waals surface area (Å²) in [4.78, 5) is 16.4. The number of carbonyl (C=O) groups is 1. The smallest absolute Gasteiger partial charge is 0.414 e. The van der Waals surface area contributed by atoms with E-state index >= 15 is 0 Å². The number of anilines is 1. The number of cyclic esters (lactones) is 1. The zero-order valence-corrected chi connectivity index (χ0v) is 14.4. The molecule has 2 aliphatic heterocycles. The lowest BCUT2D eigenvalue weighted by Gasteiger charge is -2.32. The van der Waals surface area contributed by atoms with E-state index in [2.05, 4.69) is 17.0 Å². The molecule has 4 rings (SSSR count). The van der Waals surface area contributed by atoms with Crippen LogP contribution in [0.2, 0.25) is 0 Å². The second-order valence-corrected chi connectivity index (χ2v) is 6.54. The maximum Gasteiger partial charge on any atom is 0.414 e. The molecule has 0 spiro atoms. The molecule has 2 aliphatic rings. The molecule has 0 bridgehead atoms. The van der Waals surface area contributed by atoms with E-state index in [1.165, 1.54) is 5.56 Å². The zero-order valence-electron chi connectivity index (χ0n) is 14.4. The lowest BCUT2D eigenvalue weighted by molar-refractivity contribution is 0.177. The van der Waals surface area contributed by atoms with E-state index in [0.29, 0.717) is 6.61 Å². The topological polar surface area (TPSA) is 42.0 Å². The van der Waals surface area contributed by atoms with Crippen LogP contribution >= 0.6 is 0 Å². The summed E-state index contributed by atoms with van der Waals surface area (Å²) in [6.07, 6.45) is 0.672. The molecule has 1 saturated heterocycles. The van der Waals surface area contributed by atoms with Gasteiger partial charge in [-0.15, -0.1) is 0 Å². The third-order valence-corrected chi connectivity index (χ3v) is 4.97. The minimum absolute atomic E-state index is 0.106. The lowest BCUT2D eigenvalue weighted by atomic mass is 10.0. The molecule has 1 amide bonds. The molecule has 5 nitrogen and oxygen atoms in total. The van der Waals surface area contributed by atoms with Crippen LogP contribution in [0.1, 0.15) is 17.5 Å². The fraction of sp³-hybridized carbons (Fsp3) is 0.350. The van der Waals surface area contributed by atoms with Gasteiger partial charge in [-0.2, -0.15) is 0 Å². The third-order valence-electron chi connectivity index (χ3n) is 4.97. The van der Waals surface area contributed by atoms with Crippen molar-refractivity contribution in [2.75, 3.05) is 25.2 Å². The summed E-state index contributed by atoms with van der Waals surface area (Å²) in [5.74, 6) is 0.916. The van der Waals surface area contributed by atoms with Gasteiger partial charge >= 0.3 is 6.09 Å². The highest BCUT2D eigenvalue weighted by molar-refractivity contribution is 5.91. The molecule has 0 radical (unpaired) electrons. The number of hydrogen-bond donors (Lipinski definition) is 0. The van der Waals surface area contributed by atoms with Crippen LogP contribution in [0.3, 0.4) is 0 Å². The molecule has 130 valence electrons. The van der Waals surface area contributed by atoms with Crippen LogP contribution in [0.4, 0.5) is 10.5 Å². The average Bonchev–Trinajstić information content (AvgIpc) is 2.99. The van der Waals surface area contributed by atoms with Crippen LogP contribution in [0.25, 0.3) is 0 Å². The normalized spacial score (nSPS) is 20.3. The minimum atomic E-state index is -0.226. The lowest BCUT2D eigenvalue weighted by Crippen LogP contribution is -2.40. The van der Waals surface area contributed by atoms with Gasteiger partial charge < -0.3 is 9.47 Å². The second-order valence-electron chi connectivity index (χ2n) is 6.54. The molecule has 2 aromatic carbocycles. The summed E-state index contributed by atoms with van der Waals surface area (Å²) in [7, 11) is 1.71. The van der Waals surface area contributed by atoms with Gasteiger partial charge in [-0.1, -0.05) is 36.4 Å². The first-order valence-corrected chi connectivity index (χ1v) is 8.64. The summed E-state index contributed by atoms with van der Waals surface area (Å²) in [6, 6.07) is 16.4. The van der Waals surface area contributed by atoms with E-state index in [1.54, 1.807) is 7.11 Å². The Bertz CT molecular complexity index is 777. The van der Waals surface area contributed by atoms with Crippen molar-refractivity contribution in [1.29, 1.82) is 0 Å². The number of hydrogen-bond acceptors (Lipinski definition) is 4. The second kappa shape index (κ2) is 6.76. The number of rotatable bonds is 3. The number of benzene rings is 2. The molecule has 25 heavy (non-hydrogen) atoms. The number of ether oxygens (including phenoxy) is 2. The van der Waals surface area contributed by atoms with Crippen LogP contribution in [0.15, 0.2) is 48.5 Å². The molecule has 2 aromatic rings. The van der Waals surface area contributed by atoms with Gasteiger partial charge in [-0.3, -0.25) is 9.80 Å². The van der Waals surface area contributed by atoms with Crippen LogP contribution < -0.4 is 9.64 Å². The molecule has 0 aliphatic carbocycles. The fourth-order valence-electron chi connectivity index (χ4n) is 3.71. The maximum absolute atomic E-state index is 12.2. The van der Waals surface area contributed by atoms with Gasteiger partial charge in [0, 0.05) is 25.2 Å². The highest BCUT2D eigenvalue weighted by atomic mass is 16.6. The van der Waals surface area contributed by atoms with E-state index in [0.717, 1.165) is 43.1 Å². The number of fused-ring (bicyclic) bond motifs is 3. The van der Waals surface area contributed by atoms with Crippen LogP contribution in [-0.4, -0.2) is 37.3 Å². The first-order valence-electron chi connectivity index (χ1n) is 8.64. The first kappa shape index (κ1) is 16.0. The van der Waals surface area contributed by atoms with Gasteiger partial charge in [0.1, 0.15) is 12.4 Å². The fourth-order valence-corrected chi connectivity index (χ4v) is 3.71. The number of methoxy groups -OCH3 is 1. The van der Waals surface area contributed by atoms with Crippen molar-refractivity contribution in [1.82, 2.24) is 4.90 Å². The predicted octanol–water partition coefficient (Wildman–Crippen LogP) is 3.43. The summed E-state index contributed by atoms with van der Waals surface area (Å²) < 4.78 is 10.8. The van der Waals surface area contributed by atoms with E-state index in [1.807, 2.05) is 41.3 Å². The number of para-hydroxylation sites is 2. The van der Waals surface area contributed by atoms with Crippen molar-refractivity contribution >= 4 is 11.8 Å². The van der Waals surface area contributed by atoms with Crippen LogP contribution in [-0.2, 0) is 17.8 Å². The number of amides is 1. The molecule has 2 heterocycles. The predicted molar refractivity (Wildman–Crippen MR) is 95.8 cm³/mol. The standard InChI is InChI=1S/C20H22N2O3/c1-24-19-9-5-3-7-16(19)13-21-11-10-17-14-25-20(23)22(17)18-8-4-2-6-15(18)12-21/h2-9,17H,10-14H2,1H3/t17-/m0/s1. The molecule has 1 atom stereocenters. The Morgan fingerprint density at radius 1 is 1.16 bits per heavy atom. The molecular formula is C20H22N2O3. The van der Waals surface area contributed by atoms with Gasteiger partial charge in [-0.05, 0) is 24.1 Å². The van der Waals surface area contributed by atoms with Gasteiger partial charge in [0.05, 0.1) is 18.8 Å². The molecule has 0 saturated carbocycles. The van der Waals surface area contributed by atoms with E-state index in [9.17, 15) is 4.79 Å². The Kier molecular flexibility index (Phi) is 4.32. The van der Waals surface area contributed by atoms with Crippen LogP contribution in [0, 0.1) is 0 Å². The van der Waals surface area contributed by atoms with Gasteiger partial charge in [-0.25, -0.2) is 4.79 Å². The number of carbonyl (C=O) groups excluding carboxylic acids is 1. The minimum Gasteiger partial charge on any atom is -0.496 e. The Labute approximate surface area is 147 Å².